The van der Waals surface area contributed by atoms with Crippen LogP contribution < -0.4 is 11.3 Å². The summed E-state index contributed by atoms with van der Waals surface area (Å²) in [5, 5.41) is 0. The monoisotopic (exact) mass is 142 g/mol. The van der Waals surface area contributed by atoms with Crippen LogP contribution in [0.25, 0.3) is 0 Å². The van der Waals surface area contributed by atoms with Gasteiger partial charge in [0, 0.05) is 0 Å². The summed E-state index contributed by atoms with van der Waals surface area (Å²) in [4.78, 5) is 10.6. The van der Waals surface area contributed by atoms with Gasteiger partial charge in [0.05, 0.1) is 0 Å². The zero-order chi connectivity index (χ0) is 7.40. The second-order valence-electron chi connectivity index (χ2n) is 1.48. The maximum absolute atomic E-state index is 10.6. The molecule has 0 radical (unpaired) electrons. The van der Waals surface area contributed by atoms with Gasteiger partial charge in [-0.25, -0.2) is 5.84 Å². The maximum Gasteiger partial charge on any atom is 0.304 e. The molecule has 0 unspecified atom stereocenters. The molecule has 0 aromatic heterocycles. The molecule has 1 rings (SSSR count). The molecule has 0 aliphatic carbocycles. The Morgan fingerprint density at radius 1 is 1.60 bits per heavy atom. The van der Waals surface area contributed by atoms with Crippen LogP contribution in [0.15, 0.2) is 24.5 Å². The van der Waals surface area contributed by atoms with Gasteiger partial charge in [0.1, 0.15) is 18.8 Å². The fraction of sp³-hybridized carbons (Fsp3) is 0. The van der Waals surface area contributed by atoms with E-state index in [9.17, 15) is 4.79 Å². The van der Waals surface area contributed by atoms with Gasteiger partial charge in [0.25, 0.3) is 0 Å². The highest BCUT2D eigenvalue weighted by molar-refractivity contribution is 5.90. The van der Waals surface area contributed by atoms with Crippen molar-refractivity contribution in [3.8, 4) is 0 Å². The Kier molecular flexibility index (Phi) is 1.91. The normalized spacial score (nSPS) is 14.7. The summed E-state index contributed by atoms with van der Waals surface area (Å²) in [6.07, 6.45) is 3.69. The summed E-state index contributed by atoms with van der Waals surface area (Å²) in [6, 6.07) is 0. The zero-order valence-corrected chi connectivity index (χ0v) is 5.03. The summed E-state index contributed by atoms with van der Waals surface area (Å²) in [6.45, 7) is 0. The first kappa shape index (κ1) is 6.63. The van der Waals surface area contributed by atoms with Crippen LogP contribution in [0.2, 0.25) is 0 Å². The Labute approximate surface area is 57.1 Å². The van der Waals surface area contributed by atoms with Gasteiger partial charge in [-0.15, -0.1) is 0 Å². The van der Waals surface area contributed by atoms with Crippen LogP contribution >= 0.6 is 0 Å². The number of hydrazine groups is 1. The minimum Gasteiger partial charge on any atom is -0.465 e. The Hall–Kier alpha value is -1.49. The maximum atomic E-state index is 10.6. The van der Waals surface area contributed by atoms with Gasteiger partial charge in [-0.3, -0.25) is 10.2 Å². The van der Waals surface area contributed by atoms with E-state index >= 15 is 0 Å². The molecular weight excluding hydrogens is 136 g/mol. The van der Waals surface area contributed by atoms with E-state index in [0.717, 1.165) is 6.26 Å². The van der Waals surface area contributed by atoms with Gasteiger partial charge in [0.2, 0.25) is 5.76 Å². The highest BCUT2D eigenvalue weighted by atomic mass is 16.5. The van der Waals surface area contributed by atoms with E-state index in [0.29, 0.717) is 0 Å². The minimum absolute atomic E-state index is 0.0324. The van der Waals surface area contributed by atoms with Crippen molar-refractivity contribution in [2.45, 2.75) is 0 Å². The topological polar surface area (TPSA) is 73.6 Å². The van der Waals surface area contributed by atoms with Crippen molar-refractivity contribution in [3.63, 3.8) is 0 Å². The molecule has 1 aliphatic heterocycles. The van der Waals surface area contributed by atoms with E-state index in [2.05, 4.69) is 4.74 Å². The average molecular weight is 142 g/mol. The summed E-state index contributed by atoms with van der Waals surface area (Å²) in [5.74, 6) is 4.31. The van der Waals surface area contributed by atoms with Crippen molar-refractivity contribution in [2.24, 2.45) is 5.84 Å². The second kappa shape index (κ2) is 2.88. The van der Waals surface area contributed by atoms with Crippen LogP contribution in [-0.4, -0.2) is 5.91 Å². The third kappa shape index (κ3) is 1.26. The molecule has 0 saturated heterocycles. The molecule has 54 valence electrons. The molecule has 3 N–H and O–H groups in total. The van der Waals surface area contributed by atoms with Crippen LogP contribution in [0, 0.1) is 0 Å². The fourth-order valence-corrected chi connectivity index (χ4v) is 0.440. The SMILES string of the molecule is NNC(=O)C1=COC=CO1. The van der Waals surface area contributed by atoms with Crippen molar-refractivity contribution in [3.05, 3.63) is 24.5 Å². The molecule has 10 heavy (non-hydrogen) atoms. The highest BCUT2D eigenvalue weighted by Gasteiger charge is 2.09. The Balaban J connectivity index is 2.56. The van der Waals surface area contributed by atoms with Crippen molar-refractivity contribution >= 4 is 5.91 Å². The number of hydrogen-bond donors (Lipinski definition) is 2. The van der Waals surface area contributed by atoms with Crippen molar-refractivity contribution in [1.82, 2.24) is 5.43 Å². The van der Waals surface area contributed by atoms with Crippen LogP contribution in [-0.2, 0) is 14.3 Å². The lowest BCUT2D eigenvalue weighted by Crippen LogP contribution is -2.32. The molecule has 1 aliphatic rings. The molecule has 0 saturated carbocycles. The second-order valence-corrected chi connectivity index (χ2v) is 1.48. The number of ether oxygens (including phenoxy) is 2. The number of rotatable bonds is 1. The van der Waals surface area contributed by atoms with E-state index in [-0.39, 0.29) is 5.76 Å². The van der Waals surface area contributed by atoms with E-state index in [1.165, 1.54) is 12.5 Å². The van der Waals surface area contributed by atoms with E-state index < -0.39 is 5.91 Å². The number of amides is 1. The average Bonchev–Trinajstić information content (AvgIpc) is 2.05. The quantitative estimate of drug-likeness (QED) is 0.289. The molecule has 1 heterocycles. The first-order valence-corrected chi connectivity index (χ1v) is 2.53. The van der Waals surface area contributed by atoms with Crippen molar-refractivity contribution < 1.29 is 14.3 Å². The lowest BCUT2D eigenvalue weighted by Gasteiger charge is -2.06. The molecule has 0 spiro atoms. The lowest BCUT2D eigenvalue weighted by molar-refractivity contribution is -0.120. The Morgan fingerprint density at radius 3 is 2.90 bits per heavy atom. The fourth-order valence-electron chi connectivity index (χ4n) is 0.440. The van der Waals surface area contributed by atoms with Crippen LogP contribution in [0.5, 0.6) is 0 Å². The van der Waals surface area contributed by atoms with E-state index in [1.54, 1.807) is 0 Å². The van der Waals surface area contributed by atoms with Gasteiger partial charge in [-0.05, 0) is 0 Å². The Bertz CT molecular complexity index is 197. The third-order valence-corrected chi connectivity index (χ3v) is 0.859. The van der Waals surface area contributed by atoms with Crippen molar-refractivity contribution in [1.29, 1.82) is 0 Å². The standard InChI is InChI=1S/C5H6N2O3/c6-7-5(8)4-3-9-1-2-10-4/h1-3H,6H2,(H,7,8). The number of nitrogens with two attached hydrogens (primary N) is 1. The van der Waals surface area contributed by atoms with Crippen LogP contribution in [0.3, 0.4) is 0 Å². The first-order valence-electron chi connectivity index (χ1n) is 2.53. The number of carbonyl (C=O) groups excluding carboxylic acids is 1. The molecule has 0 bridgehead atoms. The summed E-state index contributed by atoms with van der Waals surface area (Å²) < 4.78 is 9.32. The van der Waals surface area contributed by atoms with Gasteiger partial charge in [0.15, 0.2) is 0 Å². The predicted octanol–water partition coefficient (Wildman–Crippen LogP) is -0.664. The molecule has 5 nitrogen and oxygen atoms in total. The molecule has 0 aromatic carbocycles. The third-order valence-electron chi connectivity index (χ3n) is 0.859. The smallest absolute Gasteiger partial charge is 0.304 e. The van der Waals surface area contributed by atoms with Gasteiger partial charge < -0.3 is 9.47 Å². The molecular formula is C5H6N2O3. The predicted molar refractivity (Wildman–Crippen MR) is 31.7 cm³/mol. The molecule has 0 atom stereocenters. The van der Waals surface area contributed by atoms with E-state index in [4.69, 9.17) is 10.6 Å². The summed E-state index contributed by atoms with van der Waals surface area (Å²) >= 11 is 0. The molecule has 5 heteroatoms. The van der Waals surface area contributed by atoms with Gasteiger partial charge in [-0.2, -0.15) is 0 Å². The lowest BCUT2D eigenvalue weighted by atomic mass is 10.5. The van der Waals surface area contributed by atoms with Crippen molar-refractivity contribution in [2.75, 3.05) is 0 Å². The molecule has 0 fully saturated rings. The summed E-state index contributed by atoms with van der Waals surface area (Å²) in [5.41, 5.74) is 1.89. The molecule has 1 amide bonds. The largest absolute Gasteiger partial charge is 0.465 e. The zero-order valence-electron chi connectivity index (χ0n) is 5.03. The number of hydrogen-bond acceptors (Lipinski definition) is 4. The number of nitrogens with one attached hydrogen (secondary N) is 1. The summed E-state index contributed by atoms with van der Waals surface area (Å²) in [7, 11) is 0. The highest BCUT2D eigenvalue weighted by Crippen LogP contribution is 2.03. The Morgan fingerprint density at radius 2 is 2.40 bits per heavy atom. The van der Waals surface area contributed by atoms with Gasteiger partial charge >= 0.3 is 5.91 Å². The van der Waals surface area contributed by atoms with E-state index in [1.807, 2.05) is 5.43 Å². The van der Waals surface area contributed by atoms with Crippen LogP contribution in [0.1, 0.15) is 0 Å². The molecule has 0 aromatic rings. The minimum atomic E-state index is -0.524. The van der Waals surface area contributed by atoms with Gasteiger partial charge in [-0.1, -0.05) is 0 Å². The number of carbonyl (C=O) groups is 1. The van der Waals surface area contributed by atoms with Crippen LogP contribution in [0.4, 0.5) is 0 Å². The first-order chi connectivity index (χ1) is 4.84.